The number of carbonyl (C=O) groups excluding carboxylic acids is 1. The van der Waals surface area contributed by atoms with Crippen molar-refractivity contribution >= 4 is 17.3 Å². The van der Waals surface area contributed by atoms with Crippen LogP contribution in [-0.4, -0.2) is 27.5 Å². The van der Waals surface area contributed by atoms with Crippen LogP contribution in [0.2, 0.25) is 0 Å². The zero-order valence-electron chi connectivity index (χ0n) is 9.29. The first-order valence-corrected chi connectivity index (χ1v) is 6.08. The molecule has 0 spiro atoms. The lowest BCUT2D eigenvalue weighted by molar-refractivity contribution is 0.0499. The minimum absolute atomic E-state index is 0.323. The van der Waals surface area contributed by atoms with E-state index in [1.165, 1.54) is 11.3 Å². The average Bonchev–Trinajstić information content (AvgIpc) is 2.86. The molecular formula is C11H11N3O2S. The van der Waals surface area contributed by atoms with E-state index in [2.05, 4.69) is 15.0 Å². The molecule has 0 atom stereocenters. The Kier molecular flexibility index (Phi) is 3.77. The summed E-state index contributed by atoms with van der Waals surface area (Å²) in [4.78, 5) is 23.8. The summed E-state index contributed by atoms with van der Waals surface area (Å²) in [5.74, 6) is -0.391. The number of nitrogens with zero attached hydrogens (tertiary/aromatic N) is 3. The van der Waals surface area contributed by atoms with Gasteiger partial charge in [-0.3, -0.25) is 9.97 Å². The van der Waals surface area contributed by atoms with Gasteiger partial charge < -0.3 is 4.74 Å². The molecule has 2 aromatic rings. The molecular weight excluding hydrogens is 238 g/mol. The first-order valence-electron chi connectivity index (χ1n) is 5.20. The van der Waals surface area contributed by atoms with Crippen molar-refractivity contribution in [1.29, 1.82) is 0 Å². The van der Waals surface area contributed by atoms with Gasteiger partial charge in [-0.2, -0.15) is 0 Å². The van der Waals surface area contributed by atoms with Crippen molar-refractivity contribution in [2.45, 2.75) is 13.3 Å². The van der Waals surface area contributed by atoms with Crippen LogP contribution in [-0.2, 0) is 4.74 Å². The highest BCUT2D eigenvalue weighted by Gasteiger charge is 2.13. The van der Waals surface area contributed by atoms with Crippen molar-refractivity contribution < 1.29 is 9.53 Å². The van der Waals surface area contributed by atoms with E-state index in [9.17, 15) is 4.79 Å². The molecule has 5 nitrogen and oxygen atoms in total. The third-order valence-electron chi connectivity index (χ3n) is 1.93. The fraction of sp³-hybridized carbons (Fsp3) is 0.273. The molecule has 0 radical (unpaired) electrons. The zero-order valence-corrected chi connectivity index (χ0v) is 10.1. The maximum absolute atomic E-state index is 11.5. The van der Waals surface area contributed by atoms with Gasteiger partial charge in [-0.1, -0.05) is 6.92 Å². The summed E-state index contributed by atoms with van der Waals surface area (Å²) >= 11 is 1.35. The molecule has 0 fully saturated rings. The second-order valence-electron chi connectivity index (χ2n) is 3.26. The van der Waals surface area contributed by atoms with E-state index in [0.29, 0.717) is 23.0 Å². The quantitative estimate of drug-likeness (QED) is 0.777. The lowest BCUT2D eigenvalue weighted by Gasteiger charge is -1.98. The van der Waals surface area contributed by atoms with E-state index < -0.39 is 5.97 Å². The zero-order chi connectivity index (χ0) is 12.1. The minimum Gasteiger partial charge on any atom is -0.461 e. The van der Waals surface area contributed by atoms with Gasteiger partial charge in [0.25, 0.3) is 0 Å². The second kappa shape index (κ2) is 5.49. The van der Waals surface area contributed by atoms with E-state index in [1.54, 1.807) is 24.0 Å². The van der Waals surface area contributed by atoms with Crippen molar-refractivity contribution in [2.24, 2.45) is 0 Å². The first kappa shape index (κ1) is 11.7. The number of hydrogen-bond acceptors (Lipinski definition) is 6. The smallest absolute Gasteiger partial charge is 0.357 e. The molecule has 0 aliphatic heterocycles. The van der Waals surface area contributed by atoms with Crippen molar-refractivity contribution in [3.63, 3.8) is 0 Å². The van der Waals surface area contributed by atoms with Crippen molar-refractivity contribution in [2.75, 3.05) is 6.61 Å². The van der Waals surface area contributed by atoms with E-state index in [0.717, 1.165) is 6.42 Å². The van der Waals surface area contributed by atoms with Crippen LogP contribution >= 0.6 is 11.3 Å². The summed E-state index contributed by atoms with van der Waals surface area (Å²) in [6, 6.07) is 0. The Bertz CT molecular complexity index is 498. The van der Waals surface area contributed by atoms with E-state index >= 15 is 0 Å². The Hall–Kier alpha value is -1.82. The van der Waals surface area contributed by atoms with Crippen LogP contribution in [0.3, 0.4) is 0 Å². The number of aromatic nitrogens is 3. The molecule has 2 heterocycles. The standard InChI is InChI=1S/C11H11N3O2S/c1-2-5-16-11(15)9-7-17-10(14-9)8-6-12-3-4-13-8/h3-4,6-7H,2,5H2,1H3. The third-order valence-corrected chi connectivity index (χ3v) is 2.80. The van der Waals surface area contributed by atoms with Gasteiger partial charge in [0.2, 0.25) is 0 Å². The number of esters is 1. The Morgan fingerprint density at radius 1 is 1.47 bits per heavy atom. The van der Waals surface area contributed by atoms with Crippen LogP contribution in [0.4, 0.5) is 0 Å². The SMILES string of the molecule is CCCOC(=O)c1csc(-c2cnccn2)n1. The lowest BCUT2D eigenvalue weighted by atomic mass is 10.4. The van der Waals surface area contributed by atoms with Crippen LogP contribution in [0.25, 0.3) is 10.7 Å². The number of hydrogen-bond donors (Lipinski definition) is 0. The summed E-state index contributed by atoms with van der Waals surface area (Å²) in [5.41, 5.74) is 0.983. The molecule has 2 rings (SSSR count). The Morgan fingerprint density at radius 3 is 3.06 bits per heavy atom. The van der Waals surface area contributed by atoms with E-state index in [1.807, 2.05) is 6.92 Å². The predicted octanol–water partition coefficient (Wildman–Crippen LogP) is 2.17. The van der Waals surface area contributed by atoms with Crippen LogP contribution in [0, 0.1) is 0 Å². The van der Waals surface area contributed by atoms with Crippen LogP contribution in [0.15, 0.2) is 24.0 Å². The highest BCUT2D eigenvalue weighted by molar-refractivity contribution is 7.13. The van der Waals surface area contributed by atoms with Gasteiger partial charge in [0.05, 0.1) is 12.8 Å². The fourth-order valence-corrected chi connectivity index (χ4v) is 1.91. The molecule has 2 aromatic heterocycles. The van der Waals surface area contributed by atoms with Gasteiger partial charge in [0, 0.05) is 17.8 Å². The summed E-state index contributed by atoms with van der Waals surface area (Å²) in [7, 11) is 0. The molecule has 0 saturated carbocycles. The minimum atomic E-state index is -0.391. The maximum Gasteiger partial charge on any atom is 0.357 e. The largest absolute Gasteiger partial charge is 0.461 e. The number of carbonyl (C=O) groups is 1. The molecule has 0 aromatic carbocycles. The van der Waals surface area contributed by atoms with Gasteiger partial charge in [-0.15, -0.1) is 11.3 Å². The molecule has 0 saturated heterocycles. The summed E-state index contributed by atoms with van der Waals surface area (Å²) in [6.45, 7) is 2.36. The van der Waals surface area contributed by atoms with Gasteiger partial charge in [-0.05, 0) is 6.42 Å². The highest BCUT2D eigenvalue weighted by atomic mass is 32.1. The Labute approximate surface area is 103 Å². The molecule has 0 aliphatic rings. The molecule has 88 valence electrons. The Morgan fingerprint density at radius 2 is 2.35 bits per heavy atom. The number of thiazole rings is 1. The van der Waals surface area contributed by atoms with Crippen LogP contribution in [0.1, 0.15) is 23.8 Å². The van der Waals surface area contributed by atoms with Gasteiger partial charge >= 0.3 is 5.97 Å². The number of rotatable bonds is 4. The van der Waals surface area contributed by atoms with Crippen molar-refractivity contribution in [3.8, 4) is 10.7 Å². The molecule has 0 amide bonds. The molecule has 0 aliphatic carbocycles. The monoisotopic (exact) mass is 249 g/mol. The first-order chi connectivity index (χ1) is 8.31. The molecule has 17 heavy (non-hydrogen) atoms. The average molecular weight is 249 g/mol. The van der Waals surface area contributed by atoms with Crippen molar-refractivity contribution in [1.82, 2.24) is 15.0 Å². The van der Waals surface area contributed by atoms with Crippen LogP contribution in [0.5, 0.6) is 0 Å². The second-order valence-corrected chi connectivity index (χ2v) is 4.12. The van der Waals surface area contributed by atoms with Gasteiger partial charge in [-0.25, -0.2) is 9.78 Å². The fourth-order valence-electron chi connectivity index (χ4n) is 1.16. The summed E-state index contributed by atoms with van der Waals surface area (Å²) in [5, 5.41) is 2.34. The maximum atomic E-state index is 11.5. The lowest BCUT2D eigenvalue weighted by Crippen LogP contribution is -2.06. The van der Waals surface area contributed by atoms with Gasteiger partial charge in [0.1, 0.15) is 10.7 Å². The van der Waals surface area contributed by atoms with E-state index in [-0.39, 0.29) is 0 Å². The predicted molar refractivity (Wildman–Crippen MR) is 63.7 cm³/mol. The molecule has 6 heteroatoms. The highest BCUT2D eigenvalue weighted by Crippen LogP contribution is 2.20. The van der Waals surface area contributed by atoms with Gasteiger partial charge in [0.15, 0.2) is 5.69 Å². The van der Waals surface area contributed by atoms with E-state index in [4.69, 9.17) is 4.74 Å². The number of ether oxygens (including phenoxy) is 1. The topological polar surface area (TPSA) is 65.0 Å². The summed E-state index contributed by atoms with van der Waals surface area (Å²) < 4.78 is 5.00. The van der Waals surface area contributed by atoms with Crippen molar-refractivity contribution in [3.05, 3.63) is 29.7 Å². The Balaban J connectivity index is 2.14. The molecule has 0 N–H and O–H groups in total. The summed E-state index contributed by atoms with van der Waals surface area (Å²) in [6.07, 6.45) is 5.59. The molecule has 0 bridgehead atoms. The molecule has 0 unspecified atom stereocenters. The normalized spacial score (nSPS) is 10.2. The van der Waals surface area contributed by atoms with Crippen LogP contribution < -0.4 is 0 Å². The third kappa shape index (κ3) is 2.85.